The summed E-state index contributed by atoms with van der Waals surface area (Å²) in [6, 6.07) is 15.0. The number of thioether (sulfide) groups is 1. The Morgan fingerprint density at radius 2 is 1.82 bits per heavy atom. The predicted molar refractivity (Wildman–Crippen MR) is 117 cm³/mol. The van der Waals surface area contributed by atoms with Crippen molar-refractivity contribution in [3.8, 4) is 0 Å². The van der Waals surface area contributed by atoms with E-state index in [2.05, 4.69) is 10.2 Å². The predicted octanol–water partition coefficient (Wildman–Crippen LogP) is 3.85. The molecule has 1 amide bonds. The molecule has 0 spiro atoms. The first-order chi connectivity index (χ1) is 13.3. The van der Waals surface area contributed by atoms with Crippen LogP contribution in [0.1, 0.15) is 37.0 Å². The number of carbonyl (C=O) groups is 1. The second kappa shape index (κ2) is 8.99. The molecule has 150 valence electrons. The Hall–Kier alpha value is -2.02. The second-order valence-electron chi connectivity index (χ2n) is 7.97. The van der Waals surface area contributed by atoms with Crippen LogP contribution < -0.4 is 11.1 Å². The molecule has 6 heteroatoms. The second-order valence-corrected chi connectivity index (χ2v) is 9.35. The molecule has 3 rings (SSSR count). The average molecular weight is 400 g/mol. The van der Waals surface area contributed by atoms with E-state index in [0.29, 0.717) is 22.2 Å². The molecule has 0 bridgehead atoms. The molecule has 4 N–H and O–H groups in total. The standard InChI is InChI=1S/C22H29N3O2S/c1-22(2,27)15-25-13-11-18(12-14-25)28-17-9-7-16(8-10-17)21(26)24-20-6-4-3-5-19(20)23/h3-10,18,27H,11-15,23H2,1-2H3,(H,24,26). The van der Waals surface area contributed by atoms with E-state index in [0.717, 1.165) is 32.5 Å². The maximum Gasteiger partial charge on any atom is 0.255 e. The van der Waals surface area contributed by atoms with Gasteiger partial charge in [-0.05, 0) is 76.2 Å². The van der Waals surface area contributed by atoms with Gasteiger partial charge in [0, 0.05) is 22.3 Å². The Morgan fingerprint density at radius 3 is 2.43 bits per heavy atom. The zero-order chi connectivity index (χ0) is 20.1. The van der Waals surface area contributed by atoms with E-state index in [-0.39, 0.29) is 5.91 Å². The molecule has 0 atom stereocenters. The van der Waals surface area contributed by atoms with Gasteiger partial charge in [-0.2, -0.15) is 0 Å². The van der Waals surface area contributed by atoms with Crippen LogP contribution in [0, 0.1) is 0 Å². The maximum atomic E-state index is 12.4. The van der Waals surface area contributed by atoms with Crippen LogP contribution in [0.4, 0.5) is 11.4 Å². The fourth-order valence-corrected chi connectivity index (χ4v) is 4.54. The minimum absolute atomic E-state index is 0.158. The van der Waals surface area contributed by atoms with Crippen LogP contribution in [0.2, 0.25) is 0 Å². The number of piperidine rings is 1. The van der Waals surface area contributed by atoms with Crippen molar-refractivity contribution in [2.24, 2.45) is 0 Å². The quantitative estimate of drug-likeness (QED) is 0.643. The van der Waals surface area contributed by atoms with E-state index < -0.39 is 5.60 Å². The van der Waals surface area contributed by atoms with E-state index in [1.807, 2.05) is 62.0 Å². The SMILES string of the molecule is CC(C)(O)CN1CCC(Sc2ccc(C(=O)Nc3ccccc3N)cc2)CC1. The van der Waals surface area contributed by atoms with Crippen molar-refractivity contribution in [2.75, 3.05) is 30.7 Å². The molecule has 0 unspecified atom stereocenters. The van der Waals surface area contributed by atoms with Gasteiger partial charge < -0.3 is 21.1 Å². The zero-order valence-corrected chi connectivity index (χ0v) is 17.3. The lowest BCUT2D eigenvalue weighted by Crippen LogP contribution is -2.43. The van der Waals surface area contributed by atoms with E-state index in [1.165, 1.54) is 4.90 Å². The van der Waals surface area contributed by atoms with Gasteiger partial charge in [-0.25, -0.2) is 0 Å². The lowest BCUT2D eigenvalue weighted by molar-refractivity contribution is 0.0307. The number of nitrogens with zero attached hydrogens (tertiary/aromatic N) is 1. The van der Waals surface area contributed by atoms with Crippen molar-refractivity contribution in [3.63, 3.8) is 0 Å². The third kappa shape index (κ3) is 5.99. The number of aliphatic hydroxyl groups is 1. The molecule has 0 aliphatic carbocycles. The molecule has 1 fully saturated rings. The molecule has 2 aromatic rings. The number of β-amino-alcohol motifs (C(OH)–C–C–N with tert-alkyl or cyclic N) is 1. The molecule has 1 aliphatic rings. The highest BCUT2D eigenvalue weighted by Gasteiger charge is 2.24. The number of amides is 1. The molecule has 5 nitrogen and oxygen atoms in total. The topological polar surface area (TPSA) is 78.6 Å². The summed E-state index contributed by atoms with van der Waals surface area (Å²) < 4.78 is 0. The van der Waals surface area contributed by atoms with Gasteiger partial charge in [-0.15, -0.1) is 11.8 Å². The van der Waals surface area contributed by atoms with Crippen molar-refractivity contribution in [1.82, 2.24) is 4.90 Å². The van der Waals surface area contributed by atoms with Crippen LogP contribution in [0.3, 0.4) is 0 Å². The molecule has 0 saturated carbocycles. The zero-order valence-electron chi connectivity index (χ0n) is 16.5. The molecule has 1 saturated heterocycles. The number of para-hydroxylation sites is 2. The first kappa shape index (κ1) is 20.7. The molecular formula is C22H29N3O2S. The maximum absolute atomic E-state index is 12.4. The summed E-state index contributed by atoms with van der Waals surface area (Å²) in [7, 11) is 0. The van der Waals surface area contributed by atoms with Gasteiger partial charge in [-0.1, -0.05) is 12.1 Å². The Bertz CT molecular complexity index is 794. The number of rotatable bonds is 6. The van der Waals surface area contributed by atoms with E-state index in [4.69, 9.17) is 5.73 Å². The van der Waals surface area contributed by atoms with Crippen molar-refractivity contribution < 1.29 is 9.90 Å². The summed E-state index contributed by atoms with van der Waals surface area (Å²) >= 11 is 1.87. The minimum atomic E-state index is -0.638. The fraction of sp³-hybridized carbons (Fsp3) is 0.409. The van der Waals surface area contributed by atoms with Crippen LogP contribution >= 0.6 is 11.8 Å². The van der Waals surface area contributed by atoms with E-state index in [1.54, 1.807) is 12.1 Å². The Labute approximate surface area is 171 Å². The number of nitrogens with two attached hydrogens (primary N) is 1. The first-order valence-corrected chi connectivity index (χ1v) is 10.6. The third-order valence-corrected chi connectivity index (χ3v) is 6.12. The Morgan fingerprint density at radius 1 is 1.18 bits per heavy atom. The number of benzene rings is 2. The highest BCUT2D eigenvalue weighted by molar-refractivity contribution is 8.00. The summed E-state index contributed by atoms with van der Waals surface area (Å²) in [4.78, 5) is 15.9. The van der Waals surface area contributed by atoms with Gasteiger partial charge in [0.05, 0.1) is 17.0 Å². The van der Waals surface area contributed by atoms with Gasteiger partial charge in [0.25, 0.3) is 5.91 Å². The van der Waals surface area contributed by atoms with Crippen molar-refractivity contribution in [2.45, 2.75) is 42.4 Å². The normalized spacial score (nSPS) is 16.1. The van der Waals surface area contributed by atoms with Crippen LogP contribution in [0.5, 0.6) is 0 Å². The number of carbonyl (C=O) groups excluding carboxylic acids is 1. The highest BCUT2D eigenvalue weighted by atomic mass is 32.2. The lowest BCUT2D eigenvalue weighted by Gasteiger charge is -2.35. The number of nitrogens with one attached hydrogen (secondary N) is 1. The summed E-state index contributed by atoms with van der Waals surface area (Å²) in [5, 5.41) is 13.4. The van der Waals surface area contributed by atoms with Crippen molar-refractivity contribution >= 4 is 29.0 Å². The summed E-state index contributed by atoms with van der Waals surface area (Å²) in [5.41, 5.74) is 7.05. The highest BCUT2D eigenvalue weighted by Crippen LogP contribution is 2.31. The molecule has 28 heavy (non-hydrogen) atoms. The largest absolute Gasteiger partial charge is 0.397 e. The van der Waals surface area contributed by atoms with Crippen LogP contribution in [0.25, 0.3) is 0 Å². The Kier molecular flexibility index (Phi) is 6.65. The van der Waals surface area contributed by atoms with Crippen molar-refractivity contribution in [1.29, 1.82) is 0 Å². The first-order valence-electron chi connectivity index (χ1n) is 9.67. The van der Waals surface area contributed by atoms with Gasteiger partial charge in [-0.3, -0.25) is 4.79 Å². The van der Waals surface area contributed by atoms with E-state index in [9.17, 15) is 9.90 Å². The molecule has 1 heterocycles. The van der Waals surface area contributed by atoms with Crippen LogP contribution in [0.15, 0.2) is 53.4 Å². The van der Waals surface area contributed by atoms with Crippen molar-refractivity contribution in [3.05, 3.63) is 54.1 Å². The van der Waals surface area contributed by atoms with Gasteiger partial charge in [0.2, 0.25) is 0 Å². The molecular weight excluding hydrogens is 370 g/mol. The molecule has 0 aromatic heterocycles. The number of hydrogen-bond donors (Lipinski definition) is 3. The van der Waals surface area contributed by atoms with Gasteiger partial charge >= 0.3 is 0 Å². The molecule has 1 aliphatic heterocycles. The lowest BCUT2D eigenvalue weighted by atomic mass is 10.1. The summed E-state index contributed by atoms with van der Waals surface area (Å²) in [6.07, 6.45) is 2.21. The van der Waals surface area contributed by atoms with E-state index >= 15 is 0 Å². The average Bonchev–Trinajstić information content (AvgIpc) is 2.64. The molecule has 2 aromatic carbocycles. The molecule has 0 radical (unpaired) electrons. The van der Waals surface area contributed by atoms with Crippen LogP contribution in [-0.2, 0) is 0 Å². The number of nitrogen functional groups attached to an aromatic ring is 1. The summed E-state index contributed by atoms with van der Waals surface area (Å²) in [5.74, 6) is -0.158. The number of hydrogen-bond acceptors (Lipinski definition) is 5. The number of likely N-dealkylation sites (tertiary alicyclic amines) is 1. The third-order valence-electron chi connectivity index (χ3n) is 4.77. The smallest absolute Gasteiger partial charge is 0.255 e. The fourth-order valence-electron chi connectivity index (χ4n) is 3.42. The van der Waals surface area contributed by atoms with Gasteiger partial charge in [0.15, 0.2) is 0 Å². The Balaban J connectivity index is 1.51. The monoisotopic (exact) mass is 399 g/mol. The minimum Gasteiger partial charge on any atom is -0.397 e. The number of anilines is 2. The van der Waals surface area contributed by atoms with Gasteiger partial charge in [0.1, 0.15) is 0 Å². The van der Waals surface area contributed by atoms with Crippen LogP contribution in [-0.4, -0.2) is 46.4 Å². The summed E-state index contributed by atoms with van der Waals surface area (Å²) in [6.45, 7) is 6.47.